The van der Waals surface area contributed by atoms with Crippen LogP contribution in [0.2, 0.25) is 0 Å². The van der Waals surface area contributed by atoms with Crippen LogP contribution >= 0.6 is 0 Å². The minimum atomic E-state index is 0.101. The van der Waals surface area contributed by atoms with Crippen LogP contribution in [0.5, 0.6) is 11.5 Å². The van der Waals surface area contributed by atoms with E-state index in [-0.39, 0.29) is 12.7 Å². The van der Waals surface area contributed by atoms with Crippen LogP contribution in [-0.4, -0.2) is 30.7 Å². The molecule has 3 rings (SSSR count). The molecule has 0 unspecified atom stereocenters. The maximum atomic E-state index is 12.1. The van der Waals surface area contributed by atoms with E-state index in [4.69, 9.17) is 9.47 Å². The van der Waals surface area contributed by atoms with Crippen molar-refractivity contribution in [3.8, 4) is 11.5 Å². The summed E-state index contributed by atoms with van der Waals surface area (Å²) in [5, 5.41) is 0. The topological polar surface area (TPSA) is 38.8 Å². The van der Waals surface area contributed by atoms with Crippen LogP contribution in [0.25, 0.3) is 6.08 Å². The van der Waals surface area contributed by atoms with Crippen molar-refractivity contribution in [2.45, 2.75) is 25.7 Å². The quantitative estimate of drug-likeness (QED) is 0.778. The standard InChI is InChI=1S/C16H19NO3/c18-16(17-9-3-1-2-4-10-17)8-6-13-5-7-14-15(11-13)20-12-19-14/h5-8,11H,1-4,9-10,12H2/b8-6-. The minimum Gasteiger partial charge on any atom is -0.454 e. The smallest absolute Gasteiger partial charge is 0.246 e. The van der Waals surface area contributed by atoms with Crippen molar-refractivity contribution in [1.82, 2.24) is 4.90 Å². The van der Waals surface area contributed by atoms with Crippen molar-refractivity contribution in [2.75, 3.05) is 19.9 Å². The van der Waals surface area contributed by atoms with Crippen molar-refractivity contribution in [1.29, 1.82) is 0 Å². The van der Waals surface area contributed by atoms with Crippen molar-refractivity contribution < 1.29 is 14.3 Å². The third kappa shape index (κ3) is 2.95. The number of hydrogen-bond donors (Lipinski definition) is 0. The van der Waals surface area contributed by atoms with Gasteiger partial charge in [-0.3, -0.25) is 4.79 Å². The van der Waals surface area contributed by atoms with Crippen LogP contribution in [0.3, 0.4) is 0 Å². The highest BCUT2D eigenvalue weighted by Crippen LogP contribution is 2.32. The lowest BCUT2D eigenvalue weighted by Gasteiger charge is -2.17. The van der Waals surface area contributed by atoms with Gasteiger partial charge in [0.25, 0.3) is 0 Å². The monoisotopic (exact) mass is 273 g/mol. The van der Waals surface area contributed by atoms with Gasteiger partial charge in [0, 0.05) is 19.2 Å². The molecule has 0 aliphatic carbocycles. The van der Waals surface area contributed by atoms with E-state index in [1.807, 2.05) is 29.2 Å². The molecule has 0 atom stereocenters. The molecule has 2 aliphatic heterocycles. The van der Waals surface area contributed by atoms with Gasteiger partial charge >= 0.3 is 0 Å². The number of hydrogen-bond acceptors (Lipinski definition) is 3. The van der Waals surface area contributed by atoms with E-state index in [1.54, 1.807) is 6.08 Å². The summed E-state index contributed by atoms with van der Waals surface area (Å²) >= 11 is 0. The Bertz CT molecular complexity index is 516. The van der Waals surface area contributed by atoms with Crippen LogP contribution in [0.1, 0.15) is 31.2 Å². The van der Waals surface area contributed by atoms with Crippen LogP contribution in [0, 0.1) is 0 Å². The number of likely N-dealkylation sites (tertiary alicyclic amines) is 1. The van der Waals surface area contributed by atoms with Gasteiger partial charge in [-0.2, -0.15) is 0 Å². The first-order valence-electron chi connectivity index (χ1n) is 7.19. The number of amides is 1. The molecule has 2 aliphatic rings. The van der Waals surface area contributed by atoms with Crippen LogP contribution in [-0.2, 0) is 4.79 Å². The Hall–Kier alpha value is -1.97. The number of nitrogens with zero attached hydrogens (tertiary/aromatic N) is 1. The van der Waals surface area contributed by atoms with Crippen molar-refractivity contribution in [3.63, 3.8) is 0 Å². The Morgan fingerprint density at radius 2 is 1.80 bits per heavy atom. The van der Waals surface area contributed by atoms with E-state index in [0.717, 1.165) is 43.0 Å². The summed E-state index contributed by atoms with van der Waals surface area (Å²) in [4.78, 5) is 14.1. The Balaban J connectivity index is 1.65. The molecule has 20 heavy (non-hydrogen) atoms. The fourth-order valence-electron chi connectivity index (χ4n) is 2.58. The van der Waals surface area contributed by atoms with Crippen LogP contribution in [0.4, 0.5) is 0 Å². The summed E-state index contributed by atoms with van der Waals surface area (Å²) < 4.78 is 10.6. The average molecular weight is 273 g/mol. The predicted octanol–water partition coefficient (Wildman–Crippen LogP) is 2.83. The molecule has 2 heterocycles. The van der Waals surface area contributed by atoms with Crippen molar-refractivity contribution in [3.05, 3.63) is 29.8 Å². The molecule has 0 spiro atoms. The second-order valence-electron chi connectivity index (χ2n) is 5.19. The third-order valence-corrected chi connectivity index (χ3v) is 3.73. The van der Waals surface area contributed by atoms with E-state index >= 15 is 0 Å². The summed E-state index contributed by atoms with van der Waals surface area (Å²) in [5.74, 6) is 1.61. The van der Waals surface area contributed by atoms with Gasteiger partial charge in [-0.25, -0.2) is 0 Å². The summed E-state index contributed by atoms with van der Waals surface area (Å²) in [5.41, 5.74) is 0.956. The molecular formula is C16H19NO3. The largest absolute Gasteiger partial charge is 0.454 e. The third-order valence-electron chi connectivity index (χ3n) is 3.73. The zero-order valence-electron chi connectivity index (χ0n) is 11.5. The lowest BCUT2D eigenvalue weighted by atomic mass is 10.2. The summed E-state index contributed by atoms with van der Waals surface area (Å²) in [6.45, 7) is 2.03. The summed E-state index contributed by atoms with van der Waals surface area (Å²) in [7, 11) is 0. The Kier molecular flexibility index (Phi) is 3.90. The highest BCUT2D eigenvalue weighted by Gasteiger charge is 2.14. The Morgan fingerprint density at radius 3 is 2.60 bits per heavy atom. The molecule has 106 valence electrons. The maximum absolute atomic E-state index is 12.1. The number of carbonyl (C=O) groups is 1. The van der Waals surface area contributed by atoms with Gasteiger partial charge < -0.3 is 14.4 Å². The normalized spacial score (nSPS) is 18.3. The van der Waals surface area contributed by atoms with E-state index in [0.29, 0.717) is 0 Å². The first kappa shape index (κ1) is 13.0. The molecule has 0 bridgehead atoms. The van der Waals surface area contributed by atoms with E-state index < -0.39 is 0 Å². The van der Waals surface area contributed by atoms with Gasteiger partial charge in [0.2, 0.25) is 12.7 Å². The molecule has 1 fully saturated rings. The lowest BCUT2D eigenvalue weighted by molar-refractivity contribution is -0.125. The zero-order chi connectivity index (χ0) is 13.8. The first-order valence-corrected chi connectivity index (χ1v) is 7.19. The van der Waals surface area contributed by atoms with E-state index in [1.165, 1.54) is 12.8 Å². The SMILES string of the molecule is O=C(/C=C\c1ccc2c(c1)OCO2)N1CCCCCC1. The van der Waals surface area contributed by atoms with Gasteiger partial charge in [-0.1, -0.05) is 18.9 Å². The van der Waals surface area contributed by atoms with Gasteiger partial charge in [-0.05, 0) is 36.6 Å². The van der Waals surface area contributed by atoms with E-state index in [9.17, 15) is 4.79 Å². The molecule has 0 saturated carbocycles. The Labute approximate surface area is 119 Å². The Morgan fingerprint density at radius 1 is 1.05 bits per heavy atom. The second-order valence-corrected chi connectivity index (χ2v) is 5.19. The number of fused-ring (bicyclic) bond motifs is 1. The molecule has 1 aromatic carbocycles. The predicted molar refractivity (Wildman–Crippen MR) is 76.6 cm³/mol. The molecule has 0 N–H and O–H groups in total. The first-order chi connectivity index (χ1) is 9.83. The molecule has 1 aromatic rings. The van der Waals surface area contributed by atoms with Gasteiger partial charge in [0.05, 0.1) is 0 Å². The zero-order valence-corrected chi connectivity index (χ0v) is 11.5. The number of rotatable bonds is 2. The number of benzene rings is 1. The number of ether oxygens (including phenoxy) is 2. The molecule has 1 amide bonds. The van der Waals surface area contributed by atoms with Crippen LogP contribution < -0.4 is 9.47 Å². The molecule has 0 aromatic heterocycles. The molecular weight excluding hydrogens is 254 g/mol. The molecule has 1 saturated heterocycles. The molecule has 4 heteroatoms. The van der Waals surface area contributed by atoms with Crippen molar-refractivity contribution in [2.24, 2.45) is 0 Å². The second kappa shape index (κ2) is 5.99. The fraction of sp³-hybridized carbons (Fsp3) is 0.438. The lowest BCUT2D eigenvalue weighted by Crippen LogP contribution is -2.30. The number of carbonyl (C=O) groups excluding carboxylic acids is 1. The van der Waals surface area contributed by atoms with Gasteiger partial charge in [-0.15, -0.1) is 0 Å². The van der Waals surface area contributed by atoms with E-state index in [2.05, 4.69) is 0 Å². The summed E-state index contributed by atoms with van der Waals surface area (Å²) in [6.07, 6.45) is 8.19. The molecule has 4 nitrogen and oxygen atoms in total. The van der Waals surface area contributed by atoms with Crippen molar-refractivity contribution >= 4 is 12.0 Å². The summed E-state index contributed by atoms with van der Waals surface area (Å²) in [6, 6.07) is 5.70. The highest BCUT2D eigenvalue weighted by atomic mass is 16.7. The highest BCUT2D eigenvalue weighted by molar-refractivity contribution is 5.91. The maximum Gasteiger partial charge on any atom is 0.246 e. The minimum absolute atomic E-state index is 0.101. The fourth-order valence-corrected chi connectivity index (χ4v) is 2.58. The average Bonchev–Trinajstić information content (AvgIpc) is 2.76. The van der Waals surface area contributed by atoms with Gasteiger partial charge in [0.15, 0.2) is 11.5 Å². The van der Waals surface area contributed by atoms with Gasteiger partial charge in [0.1, 0.15) is 0 Å². The molecule has 0 radical (unpaired) electrons. The van der Waals surface area contributed by atoms with Crippen LogP contribution in [0.15, 0.2) is 24.3 Å².